The van der Waals surface area contributed by atoms with Crippen LogP contribution >= 0.6 is 0 Å². The maximum Gasteiger partial charge on any atom is 0.0947 e. The summed E-state index contributed by atoms with van der Waals surface area (Å²) in [5, 5.41) is 0. The van der Waals surface area contributed by atoms with Crippen molar-refractivity contribution in [1.29, 1.82) is 0 Å². The predicted molar refractivity (Wildman–Crippen MR) is 81.1 cm³/mol. The molecule has 116 valence electrons. The molecule has 0 bridgehead atoms. The highest BCUT2D eigenvalue weighted by molar-refractivity contribution is 5.06. The van der Waals surface area contributed by atoms with E-state index in [1.807, 2.05) is 6.26 Å². The lowest BCUT2D eigenvalue weighted by Crippen LogP contribution is -2.44. The molecule has 3 saturated heterocycles. The average molecular weight is 290 g/mol. The molecule has 1 aromatic rings. The lowest BCUT2D eigenvalue weighted by molar-refractivity contribution is -0.0452. The third-order valence-electron chi connectivity index (χ3n) is 5.60. The van der Waals surface area contributed by atoms with E-state index in [2.05, 4.69) is 15.9 Å². The van der Waals surface area contributed by atoms with Gasteiger partial charge in [-0.2, -0.15) is 0 Å². The molecule has 4 heterocycles. The molecule has 1 atom stereocenters. The Morgan fingerprint density at radius 3 is 2.67 bits per heavy atom. The Hall–Kier alpha value is -0.840. The van der Waals surface area contributed by atoms with Gasteiger partial charge >= 0.3 is 0 Å². The summed E-state index contributed by atoms with van der Waals surface area (Å²) in [7, 11) is 0. The molecule has 0 radical (unpaired) electrons. The molecular formula is C17H26N2O2. The van der Waals surface area contributed by atoms with Crippen LogP contribution in [0, 0.1) is 0 Å². The second-order valence-electron chi connectivity index (χ2n) is 7.00. The summed E-state index contributed by atoms with van der Waals surface area (Å²) < 4.78 is 11.5. The van der Waals surface area contributed by atoms with Crippen LogP contribution in [0.1, 0.15) is 37.7 Å². The summed E-state index contributed by atoms with van der Waals surface area (Å²) >= 11 is 0. The van der Waals surface area contributed by atoms with Crippen molar-refractivity contribution in [3.63, 3.8) is 0 Å². The van der Waals surface area contributed by atoms with Crippen LogP contribution in [0.2, 0.25) is 0 Å². The van der Waals surface area contributed by atoms with Gasteiger partial charge in [0.15, 0.2) is 0 Å². The molecule has 0 aromatic carbocycles. The number of rotatable bonds is 3. The highest BCUT2D eigenvalue weighted by Crippen LogP contribution is 2.38. The zero-order valence-electron chi connectivity index (χ0n) is 12.8. The van der Waals surface area contributed by atoms with Gasteiger partial charge in [-0.3, -0.25) is 9.80 Å². The Kier molecular flexibility index (Phi) is 3.78. The van der Waals surface area contributed by atoms with Crippen LogP contribution in [0.5, 0.6) is 0 Å². The van der Waals surface area contributed by atoms with Crippen LogP contribution in [0.3, 0.4) is 0 Å². The van der Waals surface area contributed by atoms with Crippen LogP contribution < -0.4 is 0 Å². The van der Waals surface area contributed by atoms with Gasteiger partial charge in [-0.05, 0) is 51.3 Å². The van der Waals surface area contributed by atoms with Crippen molar-refractivity contribution in [2.24, 2.45) is 0 Å². The smallest absolute Gasteiger partial charge is 0.0947 e. The van der Waals surface area contributed by atoms with Gasteiger partial charge in [0.1, 0.15) is 0 Å². The Labute approximate surface area is 127 Å². The molecule has 4 heteroatoms. The summed E-state index contributed by atoms with van der Waals surface area (Å²) in [6, 6.07) is 2.76. The van der Waals surface area contributed by atoms with Gasteiger partial charge in [0, 0.05) is 31.2 Å². The summed E-state index contributed by atoms with van der Waals surface area (Å²) in [4.78, 5) is 5.19. The molecule has 0 N–H and O–H groups in total. The first-order valence-electron chi connectivity index (χ1n) is 8.44. The van der Waals surface area contributed by atoms with E-state index in [9.17, 15) is 0 Å². The van der Waals surface area contributed by atoms with E-state index in [1.165, 1.54) is 50.8 Å². The molecule has 3 aliphatic heterocycles. The van der Waals surface area contributed by atoms with E-state index in [0.29, 0.717) is 6.04 Å². The molecule has 21 heavy (non-hydrogen) atoms. The van der Waals surface area contributed by atoms with E-state index in [1.54, 1.807) is 6.26 Å². The highest BCUT2D eigenvalue weighted by atomic mass is 16.5. The Balaban J connectivity index is 1.30. The van der Waals surface area contributed by atoms with Gasteiger partial charge in [-0.1, -0.05) is 0 Å². The Bertz CT molecular complexity index is 445. The minimum atomic E-state index is 0.181. The summed E-state index contributed by atoms with van der Waals surface area (Å²) in [5.74, 6) is 0. The van der Waals surface area contributed by atoms with E-state index in [-0.39, 0.29) is 5.60 Å². The largest absolute Gasteiger partial charge is 0.472 e. The Morgan fingerprint density at radius 2 is 1.95 bits per heavy atom. The van der Waals surface area contributed by atoms with Crippen LogP contribution in [0.15, 0.2) is 23.0 Å². The number of hydrogen-bond donors (Lipinski definition) is 0. The molecule has 0 amide bonds. The molecule has 0 saturated carbocycles. The first-order valence-corrected chi connectivity index (χ1v) is 8.44. The standard InChI is InChI=1S/C17H26N2O2/c1-2-7-19(6-1)16-11-17(21-14-16)4-8-18(9-5-17)12-15-3-10-20-13-15/h3,10,13,16H,1-2,4-9,11-12,14H2. The second-order valence-corrected chi connectivity index (χ2v) is 7.00. The van der Waals surface area contributed by atoms with Crippen LogP contribution in [0.4, 0.5) is 0 Å². The van der Waals surface area contributed by atoms with Gasteiger partial charge in [-0.15, -0.1) is 0 Å². The quantitative estimate of drug-likeness (QED) is 0.855. The van der Waals surface area contributed by atoms with Crippen molar-refractivity contribution in [2.45, 2.75) is 50.3 Å². The van der Waals surface area contributed by atoms with Crippen LogP contribution in [-0.2, 0) is 11.3 Å². The van der Waals surface area contributed by atoms with Gasteiger partial charge in [0.05, 0.1) is 24.7 Å². The molecule has 3 aliphatic rings. The number of likely N-dealkylation sites (tertiary alicyclic amines) is 2. The third kappa shape index (κ3) is 2.89. The monoisotopic (exact) mass is 290 g/mol. The van der Waals surface area contributed by atoms with Gasteiger partial charge in [-0.25, -0.2) is 0 Å². The normalized spacial score (nSPS) is 30.4. The van der Waals surface area contributed by atoms with Crippen LogP contribution in [-0.4, -0.2) is 54.2 Å². The lowest BCUT2D eigenvalue weighted by atomic mass is 9.87. The average Bonchev–Trinajstić information content (AvgIpc) is 3.23. The minimum Gasteiger partial charge on any atom is -0.472 e. The van der Waals surface area contributed by atoms with Crippen molar-refractivity contribution in [1.82, 2.24) is 9.80 Å². The third-order valence-corrected chi connectivity index (χ3v) is 5.60. The minimum absolute atomic E-state index is 0.181. The Morgan fingerprint density at radius 1 is 1.14 bits per heavy atom. The number of piperidine rings is 1. The number of ether oxygens (including phenoxy) is 1. The molecule has 1 aromatic heterocycles. The van der Waals surface area contributed by atoms with Crippen molar-refractivity contribution in [2.75, 3.05) is 32.8 Å². The van der Waals surface area contributed by atoms with E-state index < -0.39 is 0 Å². The highest BCUT2D eigenvalue weighted by Gasteiger charge is 2.44. The SMILES string of the molecule is c1cc(CN2CCC3(CC2)CC(N2CCCC2)CO3)co1. The number of hydrogen-bond acceptors (Lipinski definition) is 4. The zero-order valence-corrected chi connectivity index (χ0v) is 12.8. The lowest BCUT2D eigenvalue weighted by Gasteiger charge is -2.38. The predicted octanol–water partition coefficient (Wildman–Crippen LogP) is 2.50. The van der Waals surface area contributed by atoms with E-state index >= 15 is 0 Å². The molecule has 1 spiro atoms. The van der Waals surface area contributed by atoms with Crippen molar-refractivity contribution in [3.05, 3.63) is 24.2 Å². The molecule has 1 unspecified atom stereocenters. The fourth-order valence-electron chi connectivity index (χ4n) is 4.27. The summed E-state index contributed by atoms with van der Waals surface area (Å²) in [6.07, 6.45) is 10.0. The van der Waals surface area contributed by atoms with E-state index in [0.717, 1.165) is 26.2 Å². The van der Waals surface area contributed by atoms with Gasteiger partial charge < -0.3 is 9.15 Å². The first-order chi connectivity index (χ1) is 10.3. The molecule has 3 fully saturated rings. The molecule has 0 aliphatic carbocycles. The fraction of sp³-hybridized carbons (Fsp3) is 0.765. The van der Waals surface area contributed by atoms with Gasteiger partial charge in [0.2, 0.25) is 0 Å². The molecule has 4 nitrogen and oxygen atoms in total. The van der Waals surface area contributed by atoms with Crippen molar-refractivity contribution < 1.29 is 9.15 Å². The zero-order chi connectivity index (χ0) is 14.1. The fourth-order valence-corrected chi connectivity index (χ4v) is 4.27. The van der Waals surface area contributed by atoms with Crippen molar-refractivity contribution in [3.8, 4) is 0 Å². The van der Waals surface area contributed by atoms with E-state index in [4.69, 9.17) is 9.15 Å². The molecule has 4 rings (SSSR count). The maximum atomic E-state index is 6.30. The number of furan rings is 1. The van der Waals surface area contributed by atoms with Crippen molar-refractivity contribution >= 4 is 0 Å². The second kappa shape index (κ2) is 5.75. The molecular weight excluding hydrogens is 264 g/mol. The van der Waals surface area contributed by atoms with Crippen LogP contribution in [0.25, 0.3) is 0 Å². The maximum absolute atomic E-state index is 6.30. The van der Waals surface area contributed by atoms with Gasteiger partial charge in [0.25, 0.3) is 0 Å². The number of nitrogens with zero attached hydrogens (tertiary/aromatic N) is 2. The summed E-state index contributed by atoms with van der Waals surface area (Å²) in [5.41, 5.74) is 1.47. The summed E-state index contributed by atoms with van der Waals surface area (Å²) in [6.45, 7) is 6.85. The topological polar surface area (TPSA) is 28.9 Å². The first kappa shape index (κ1) is 13.8.